The van der Waals surface area contributed by atoms with Crippen LogP contribution in [0.15, 0.2) is 48.5 Å². The smallest absolute Gasteiger partial charge is 0.239 e. The number of anilines is 1. The minimum Gasteiger partial charge on any atom is -0.490 e. The Morgan fingerprint density at radius 2 is 1.82 bits per heavy atom. The molecule has 1 N–H and O–H groups in total. The first kappa shape index (κ1) is 21.5. The summed E-state index contributed by atoms with van der Waals surface area (Å²) < 4.78 is 13.4. The lowest BCUT2D eigenvalue weighted by Crippen LogP contribution is -2.33. The maximum Gasteiger partial charge on any atom is 0.239 e. The maximum absolute atomic E-state index is 13.0. The molecule has 1 saturated heterocycles. The van der Waals surface area contributed by atoms with Crippen LogP contribution < -0.4 is 14.8 Å². The number of carbonyl (C=O) groups is 1. The van der Waals surface area contributed by atoms with Crippen LogP contribution in [-0.4, -0.2) is 46.9 Å². The molecular weight excluding hydrogens is 416 g/mol. The lowest BCUT2D eigenvalue weighted by molar-refractivity contribution is -0.117. The molecule has 0 unspecified atom stereocenters. The summed E-state index contributed by atoms with van der Waals surface area (Å²) in [5, 5.41) is 7.65. The molecule has 172 valence electrons. The molecule has 0 aliphatic carbocycles. The zero-order chi connectivity index (χ0) is 22.8. The number of aryl methyl sites for hydroxylation is 2. The van der Waals surface area contributed by atoms with Gasteiger partial charge in [0.15, 0.2) is 11.5 Å². The third-order valence-corrected chi connectivity index (χ3v) is 6.24. The van der Waals surface area contributed by atoms with Gasteiger partial charge in [-0.05, 0) is 63.1 Å². The Hall–Kier alpha value is -3.32. The molecule has 1 fully saturated rings. The molecule has 0 bridgehead atoms. The normalized spacial score (nSPS) is 18.2. The van der Waals surface area contributed by atoms with Crippen LogP contribution in [0.25, 0.3) is 5.69 Å². The summed E-state index contributed by atoms with van der Waals surface area (Å²) in [5.74, 6) is 2.26. The van der Waals surface area contributed by atoms with Crippen LogP contribution in [0.1, 0.15) is 42.1 Å². The van der Waals surface area contributed by atoms with E-state index in [0.29, 0.717) is 25.6 Å². The lowest BCUT2D eigenvalue weighted by atomic mass is 10.0. The molecule has 0 spiro atoms. The molecule has 2 aromatic carbocycles. The van der Waals surface area contributed by atoms with Crippen molar-refractivity contribution < 1.29 is 14.3 Å². The van der Waals surface area contributed by atoms with Gasteiger partial charge in [-0.3, -0.25) is 9.69 Å². The van der Waals surface area contributed by atoms with Gasteiger partial charge in [-0.15, -0.1) is 0 Å². The molecule has 1 amide bonds. The Kier molecular flexibility index (Phi) is 6.05. The molecule has 0 saturated carbocycles. The van der Waals surface area contributed by atoms with Gasteiger partial charge >= 0.3 is 0 Å². The van der Waals surface area contributed by atoms with Crippen molar-refractivity contribution in [2.24, 2.45) is 0 Å². The molecule has 5 rings (SSSR count). The second-order valence-corrected chi connectivity index (χ2v) is 8.85. The van der Waals surface area contributed by atoms with Crippen molar-refractivity contribution in [1.29, 1.82) is 0 Å². The van der Waals surface area contributed by atoms with E-state index >= 15 is 0 Å². The van der Waals surface area contributed by atoms with E-state index in [-0.39, 0.29) is 11.9 Å². The van der Waals surface area contributed by atoms with Crippen LogP contribution in [0.4, 0.5) is 5.82 Å². The SMILES string of the molecule is Cc1ccc(-n2nc(C)cc2NC(=O)CN2CCC[C@@H]2c2ccc3c(c2)OCCCO3)cc1. The van der Waals surface area contributed by atoms with E-state index in [4.69, 9.17) is 9.47 Å². The zero-order valence-corrected chi connectivity index (χ0v) is 19.2. The van der Waals surface area contributed by atoms with Gasteiger partial charge in [-0.1, -0.05) is 23.8 Å². The predicted octanol–water partition coefficient (Wildman–Crippen LogP) is 4.43. The molecule has 7 heteroatoms. The Labute approximate surface area is 194 Å². The van der Waals surface area contributed by atoms with Gasteiger partial charge in [0.05, 0.1) is 31.1 Å². The molecule has 1 atom stereocenters. The van der Waals surface area contributed by atoms with Crippen LogP contribution >= 0.6 is 0 Å². The first-order valence-electron chi connectivity index (χ1n) is 11.6. The van der Waals surface area contributed by atoms with Gasteiger partial charge in [0.25, 0.3) is 0 Å². The second-order valence-electron chi connectivity index (χ2n) is 8.85. The number of benzene rings is 2. The number of ether oxygens (including phenoxy) is 2. The summed E-state index contributed by atoms with van der Waals surface area (Å²) in [7, 11) is 0. The molecule has 2 aliphatic rings. The zero-order valence-electron chi connectivity index (χ0n) is 19.2. The Morgan fingerprint density at radius 1 is 1.03 bits per heavy atom. The van der Waals surface area contributed by atoms with Gasteiger partial charge < -0.3 is 14.8 Å². The Bertz CT molecular complexity index is 1140. The summed E-state index contributed by atoms with van der Waals surface area (Å²) in [4.78, 5) is 15.3. The lowest BCUT2D eigenvalue weighted by Gasteiger charge is -2.25. The van der Waals surface area contributed by atoms with Crippen LogP contribution in [-0.2, 0) is 4.79 Å². The fourth-order valence-corrected chi connectivity index (χ4v) is 4.62. The molecule has 3 aromatic rings. The van der Waals surface area contributed by atoms with E-state index in [1.54, 1.807) is 4.68 Å². The summed E-state index contributed by atoms with van der Waals surface area (Å²) >= 11 is 0. The van der Waals surface area contributed by atoms with Gasteiger partial charge in [0.2, 0.25) is 5.91 Å². The topological polar surface area (TPSA) is 68.6 Å². The van der Waals surface area contributed by atoms with E-state index in [0.717, 1.165) is 48.7 Å². The van der Waals surface area contributed by atoms with E-state index in [2.05, 4.69) is 34.4 Å². The molecule has 0 radical (unpaired) electrons. The molecule has 3 heterocycles. The second kappa shape index (κ2) is 9.27. The van der Waals surface area contributed by atoms with Crippen LogP contribution in [0.3, 0.4) is 0 Å². The summed E-state index contributed by atoms with van der Waals surface area (Å²) in [5.41, 5.74) is 4.14. The molecule has 1 aromatic heterocycles. The summed E-state index contributed by atoms with van der Waals surface area (Å²) in [6.45, 7) is 6.56. The monoisotopic (exact) mass is 446 g/mol. The fourth-order valence-electron chi connectivity index (χ4n) is 4.62. The van der Waals surface area contributed by atoms with Gasteiger partial charge in [0, 0.05) is 18.5 Å². The van der Waals surface area contributed by atoms with Gasteiger partial charge in [-0.25, -0.2) is 4.68 Å². The van der Waals surface area contributed by atoms with Crippen molar-refractivity contribution in [3.8, 4) is 17.2 Å². The Morgan fingerprint density at radius 3 is 2.64 bits per heavy atom. The van der Waals surface area contributed by atoms with Crippen LogP contribution in [0, 0.1) is 13.8 Å². The first-order valence-corrected chi connectivity index (χ1v) is 11.6. The predicted molar refractivity (Wildman–Crippen MR) is 127 cm³/mol. The van der Waals surface area contributed by atoms with Crippen molar-refractivity contribution in [2.75, 3.05) is 31.6 Å². The van der Waals surface area contributed by atoms with E-state index < -0.39 is 0 Å². The van der Waals surface area contributed by atoms with E-state index in [1.807, 2.05) is 43.3 Å². The number of hydrogen-bond acceptors (Lipinski definition) is 5. The third-order valence-electron chi connectivity index (χ3n) is 6.24. The summed E-state index contributed by atoms with van der Waals surface area (Å²) in [6.07, 6.45) is 2.97. The van der Waals surface area contributed by atoms with Crippen molar-refractivity contribution in [2.45, 2.75) is 39.2 Å². The number of nitrogens with one attached hydrogen (secondary N) is 1. The summed E-state index contributed by atoms with van der Waals surface area (Å²) in [6, 6.07) is 16.4. The van der Waals surface area contributed by atoms with Gasteiger partial charge in [-0.2, -0.15) is 5.10 Å². The van der Waals surface area contributed by atoms with E-state index in [9.17, 15) is 4.79 Å². The molecule has 7 nitrogen and oxygen atoms in total. The average molecular weight is 447 g/mol. The highest BCUT2D eigenvalue weighted by Crippen LogP contribution is 2.37. The van der Waals surface area contributed by atoms with Crippen molar-refractivity contribution >= 4 is 11.7 Å². The van der Waals surface area contributed by atoms with Crippen LogP contribution in [0.2, 0.25) is 0 Å². The minimum absolute atomic E-state index is 0.0375. The number of aromatic nitrogens is 2. The maximum atomic E-state index is 13.0. The number of amides is 1. The van der Waals surface area contributed by atoms with Gasteiger partial charge in [0.1, 0.15) is 5.82 Å². The molecule has 2 aliphatic heterocycles. The fraction of sp³-hybridized carbons (Fsp3) is 0.385. The van der Waals surface area contributed by atoms with Crippen LogP contribution in [0.5, 0.6) is 11.5 Å². The van der Waals surface area contributed by atoms with Crippen molar-refractivity contribution in [3.05, 3.63) is 65.4 Å². The minimum atomic E-state index is -0.0375. The van der Waals surface area contributed by atoms with Crippen molar-refractivity contribution in [1.82, 2.24) is 14.7 Å². The average Bonchev–Trinajstić information content (AvgIpc) is 3.32. The number of likely N-dealkylation sites (tertiary alicyclic amines) is 1. The quantitative estimate of drug-likeness (QED) is 0.628. The third kappa shape index (κ3) is 4.73. The number of nitrogens with zero attached hydrogens (tertiary/aromatic N) is 3. The number of hydrogen-bond donors (Lipinski definition) is 1. The number of carbonyl (C=O) groups excluding carboxylic acids is 1. The highest BCUT2D eigenvalue weighted by Gasteiger charge is 2.29. The highest BCUT2D eigenvalue weighted by atomic mass is 16.5. The van der Waals surface area contributed by atoms with Crippen molar-refractivity contribution in [3.63, 3.8) is 0 Å². The largest absolute Gasteiger partial charge is 0.490 e. The first-order chi connectivity index (χ1) is 16.1. The Balaban J connectivity index is 1.29. The number of fused-ring (bicyclic) bond motifs is 1. The highest BCUT2D eigenvalue weighted by molar-refractivity contribution is 5.91. The van der Waals surface area contributed by atoms with E-state index in [1.165, 1.54) is 11.1 Å². The molecular formula is C26H30N4O3. The molecule has 33 heavy (non-hydrogen) atoms. The number of rotatable bonds is 5. The standard InChI is InChI=1S/C26H30N4O3/c1-18-6-9-21(10-7-18)30-25(15-19(2)28-30)27-26(31)17-29-12-3-5-22(29)20-8-11-23-24(16-20)33-14-4-13-32-23/h6-11,15-16,22H,3-5,12-14,17H2,1-2H3,(H,27,31)/t22-/m1/s1.